The minimum absolute atomic E-state index is 0.0661. The second-order valence-electron chi connectivity index (χ2n) is 6.95. The molecular formula is C19H17N5S. The fraction of sp³-hybridized carbons (Fsp3) is 0.421. The van der Waals surface area contributed by atoms with Crippen molar-refractivity contribution in [3.05, 3.63) is 45.3 Å². The molecule has 1 aliphatic carbocycles. The molecule has 2 N–H and O–H groups in total. The molecule has 124 valence electrons. The molecule has 2 bridgehead atoms. The summed E-state index contributed by atoms with van der Waals surface area (Å²) < 4.78 is 0. The maximum Gasteiger partial charge on any atom is 0.192 e. The van der Waals surface area contributed by atoms with Crippen LogP contribution < -0.4 is 5.73 Å². The Morgan fingerprint density at radius 1 is 1.28 bits per heavy atom. The van der Waals surface area contributed by atoms with Crippen LogP contribution in [0.5, 0.6) is 0 Å². The third kappa shape index (κ3) is 1.89. The molecule has 0 saturated carbocycles. The van der Waals surface area contributed by atoms with Gasteiger partial charge in [0.15, 0.2) is 5.41 Å². The van der Waals surface area contributed by atoms with Crippen molar-refractivity contribution in [1.29, 1.82) is 15.8 Å². The van der Waals surface area contributed by atoms with Crippen molar-refractivity contribution in [3.63, 3.8) is 0 Å². The number of hydrogen-bond acceptors (Lipinski definition) is 6. The zero-order valence-electron chi connectivity index (χ0n) is 13.8. The maximum atomic E-state index is 10.00. The fourth-order valence-corrected chi connectivity index (χ4v) is 5.80. The van der Waals surface area contributed by atoms with Gasteiger partial charge in [0.25, 0.3) is 0 Å². The van der Waals surface area contributed by atoms with Crippen molar-refractivity contribution in [2.75, 3.05) is 7.05 Å². The number of nitriles is 3. The molecule has 1 saturated heterocycles. The first-order valence-electron chi connectivity index (χ1n) is 8.29. The van der Waals surface area contributed by atoms with Crippen molar-refractivity contribution in [1.82, 2.24) is 4.90 Å². The van der Waals surface area contributed by atoms with Crippen molar-refractivity contribution < 1.29 is 0 Å². The molecule has 3 heterocycles. The normalized spacial score (nSPS) is 33.0. The lowest BCUT2D eigenvalue weighted by molar-refractivity contribution is 0.162. The third-order valence-corrected chi connectivity index (χ3v) is 7.03. The van der Waals surface area contributed by atoms with Crippen LogP contribution in [-0.2, 0) is 0 Å². The SMILES string of the molecule is CN1[C@H]2C=C3C(C#N)=C(N)C(C#N)(C#N)[C@@H](c4cccs4)[C@@H]3[C@@H]1CC2. The van der Waals surface area contributed by atoms with E-state index in [9.17, 15) is 15.8 Å². The number of rotatable bonds is 1. The van der Waals surface area contributed by atoms with Crippen LogP contribution >= 0.6 is 11.3 Å². The molecule has 0 aromatic carbocycles. The van der Waals surface area contributed by atoms with Gasteiger partial charge in [0.05, 0.1) is 23.4 Å². The van der Waals surface area contributed by atoms with E-state index >= 15 is 0 Å². The van der Waals surface area contributed by atoms with Crippen LogP contribution in [0.1, 0.15) is 23.6 Å². The van der Waals surface area contributed by atoms with Crippen molar-refractivity contribution in [2.45, 2.75) is 30.8 Å². The molecule has 6 heteroatoms. The molecule has 3 aliphatic rings. The van der Waals surface area contributed by atoms with Gasteiger partial charge in [-0.3, -0.25) is 4.90 Å². The summed E-state index contributed by atoms with van der Waals surface area (Å²) in [6.07, 6.45) is 4.17. The first kappa shape index (κ1) is 15.9. The van der Waals surface area contributed by atoms with Gasteiger partial charge < -0.3 is 5.73 Å². The monoisotopic (exact) mass is 347 g/mol. The second-order valence-corrected chi connectivity index (χ2v) is 7.93. The quantitative estimate of drug-likeness (QED) is 0.841. The largest absolute Gasteiger partial charge is 0.399 e. The molecule has 0 unspecified atom stereocenters. The molecule has 1 aromatic rings. The number of hydrogen-bond donors (Lipinski definition) is 1. The highest BCUT2D eigenvalue weighted by molar-refractivity contribution is 7.10. The number of fused-ring (bicyclic) bond motifs is 4. The lowest BCUT2D eigenvalue weighted by Gasteiger charge is -2.47. The second kappa shape index (κ2) is 5.46. The first-order valence-corrected chi connectivity index (χ1v) is 9.17. The van der Waals surface area contributed by atoms with Crippen molar-refractivity contribution in [2.24, 2.45) is 17.1 Å². The smallest absolute Gasteiger partial charge is 0.192 e. The number of nitrogens with zero attached hydrogens (tertiary/aromatic N) is 4. The van der Waals surface area contributed by atoms with Crippen LogP contribution in [0, 0.1) is 45.3 Å². The molecule has 1 fully saturated rings. The van der Waals surface area contributed by atoms with E-state index in [1.807, 2.05) is 17.5 Å². The lowest BCUT2D eigenvalue weighted by atomic mass is 9.58. The van der Waals surface area contributed by atoms with Gasteiger partial charge in [-0.2, -0.15) is 15.8 Å². The van der Waals surface area contributed by atoms with Crippen molar-refractivity contribution >= 4 is 11.3 Å². The number of likely N-dealkylation sites (N-methyl/N-ethyl adjacent to an activating group) is 1. The van der Waals surface area contributed by atoms with E-state index in [-0.39, 0.29) is 23.6 Å². The predicted molar refractivity (Wildman–Crippen MR) is 93.7 cm³/mol. The minimum Gasteiger partial charge on any atom is -0.399 e. The summed E-state index contributed by atoms with van der Waals surface area (Å²) in [6.45, 7) is 0. The topological polar surface area (TPSA) is 101 Å². The number of allylic oxidation sites excluding steroid dienone is 2. The fourth-order valence-electron chi connectivity index (χ4n) is 4.86. The van der Waals surface area contributed by atoms with Gasteiger partial charge in [-0.1, -0.05) is 12.1 Å². The highest BCUT2D eigenvalue weighted by Crippen LogP contribution is 2.58. The molecule has 0 radical (unpaired) electrons. The average molecular weight is 347 g/mol. The van der Waals surface area contributed by atoms with E-state index in [4.69, 9.17) is 5.73 Å². The summed E-state index contributed by atoms with van der Waals surface area (Å²) >= 11 is 1.55. The highest BCUT2D eigenvalue weighted by atomic mass is 32.1. The molecule has 25 heavy (non-hydrogen) atoms. The van der Waals surface area contributed by atoms with E-state index in [1.165, 1.54) is 0 Å². The van der Waals surface area contributed by atoms with Gasteiger partial charge in [-0.15, -0.1) is 11.3 Å². The van der Waals surface area contributed by atoms with E-state index in [2.05, 4.69) is 36.2 Å². The molecule has 5 nitrogen and oxygen atoms in total. The zero-order valence-corrected chi connectivity index (χ0v) is 14.6. The van der Waals surface area contributed by atoms with Gasteiger partial charge in [0.1, 0.15) is 6.07 Å². The molecule has 0 spiro atoms. The maximum absolute atomic E-state index is 10.00. The minimum atomic E-state index is -1.51. The Morgan fingerprint density at radius 3 is 2.64 bits per heavy atom. The standard InChI is InChI=1S/C19H17N5S/c1-24-11-4-5-14(24)16-12(7-11)13(8-20)18(23)19(9-21,10-22)17(16)15-3-2-6-25-15/h2-3,6-7,11,14,16-17H,4-5,23H2,1H3/t11-,14+,16+,17+/m1/s1. The Labute approximate surface area is 150 Å². The van der Waals surface area contributed by atoms with Gasteiger partial charge in [0.2, 0.25) is 0 Å². The lowest BCUT2D eigenvalue weighted by Crippen LogP contribution is -2.51. The molecule has 4 rings (SSSR count). The molecule has 0 amide bonds. The van der Waals surface area contributed by atoms with Crippen molar-refractivity contribution in [3.8, 4) is 18.2 Å². The van der Waals surface area contributed by atoms with Crippen LogP contribution in [0.4, 0.5) is 0 Å². The summed E-state index contributed by atoms with van der Waals surface area (Å²) in [6, 6.07) is 11.0. The summed E-state index contributed by atoms with van der Waals surface area (Å²) in [5, 5.41) is 31.7. The van der Waals surface area contributed by atoms with Gasteiger partial charge in [0, 0.05) is 28.8 Å². The van der Waals surface area contributed by atoms with Gasteiger partial charge in [-0.25, -0.2) is 0 Å². The number of thiophene rings is 1. The number of nitrogens with two attached hydrogens (primary N) is 1. The highest BCUT2D eigenvalue weighted by Gasteiger charge is 2.58. The van der Waals surface area contributed by atoms with Crippen LogP contribution in [0.2, 0.25) is 0 Å². The summed E-state index contributed by atoms with van der Waals surface area (Å²) in [7, 11) is 2.09. The van der Waals surface area contributed by atoms with Gasteiger partial charge in [-0.05, 0) is 36.9 Å². The zero-order chi connectivity index (χ0) is 17.8. The van der Waals surface area contributed by atoms with E-state index in [0.29, 0.717) is 11.6 Å². The Hall–Kier alpha value is -2.59. The Morgan fingerprint density at radius 2 is 2.04 bits per heavy atom. The van der Waals surface area contributed by atoms with Crippen LogP contribution in [0.15, 0.2) is 40.4 Å². The molecule has 4 atom stereocenters. The summed E-state index contributed by atoms with van der Waals surface area (Å²) in [5.74, 6) is -0.416. The van der Waals surface area contributed by atoms with E-state index < -0.39 is 5.41 Å². The Bertz CT molecular complexity index is 891. The van der Waals surface area contributed by atoms with Crippen LogP contribution in [-0.4, -0.2) is 24.0 Å². The Kier molecular flexibility index (Phi) is 3.48. The summed E-state index contributed by atoms with van der Waals surface area (Å²) in [4.78, 5) is 3.31. The molecule has 1 aromatic heterocycles. The first-order chi connectivity index (χ1) is 12.1. The predicted octanol–water partition coefficient (Wildman–Crippen LogP) is 2.63. The third-order valence-electron chi connectivity index (χ3n) is 6.07. The molecule has 2 aliphatic heterocycles. The van der Waals surface area contributed by atoms with Crippen LogP contribution in [0.25, 0.3) is 0 Å². The Balaban J connectivity index is 2.05. The van der Waals surface area contributed by atoms with E-state index in [0.717, 1.165) is 23.3 Å². The molecular weight excluding hydrogens is 330 g/mol. The van der Waals surface area contributed by atoms with E-state index in [1.54, 1.807) is 11.3 Å². The van der Waals surface area contributed by atoms with Gasteiger partial charge >= 0.3 is 0 Å². The van der Waals surface area contributed by atoms with Crippen LogP contribution in [0.3, 0.4) is 0 Å². The average Bonchev–Trinajstić information content (AvgIpc) is 3.21. The summed E-state index contributed by atoms with van der Waals surface area (Å²) in [5.41, 5.74) is 6.19.